The van der Waals surface area contributed by atoms with Crippen LogP contribution in [0.1, 0.15) is 0 Å². The van der Waals surface area contributed by atoms with E-state index in [1.165, 1.54) is 0 Å². The fourth-order valence-corrected chi connectivity index (χ4v) is 0.758. The van der Waals surface area contributed by atoms with Crippen molar-refractivity contribution in [3.05, 3.63) is 24.3 Å². The zero-order chi connectivity index (χ0) is 8.81. The molecule has 13 heavy (non-hydrogen) atoms. The Bertz CT molecular complexity index is 240. The fraction of sp³-hybridized carbons (Fsp3) is 0.333. The van der Waals surface area contributed by atoms with Crippen LogP contribution in [0.15, 0.2) is 18.2 Å². The number of methoxy groups -OCH3 is 2. The van der Waals surface area contributed by atoms with E-state index in [1.54, 1.807) is 32.4 Å². The Balaban J connectivity index is 0.00000144. The Kier molecular flexibility index (Phi) is 8.04. The molecule has 0 unspecified atom stereocenters. The summed E-state index contributed by atoms with van der Waals surface area (Å²) < 4.78 is 14.9. The molecule has 0 bridgehead atoms. The standard InChI is InChI=1S/C9H11O3.K/c1-10-7-12-9-5-3-4-8(6-9)11-2;/h4-6H,7H2,1-2H3;/q-1;+1. The van der Waals surface area contributed by atoms with E-state index in [0.717, 1.165) is 5.75 Å². The third-order valence-corrected chi connectivity index (χ3v) is 1.31. The van der Waals surface area contributed by atoms with Crippen LogP contribution in [0.3, 0.4) is 0 Å². The summed E-state index contributed by atoms with van der Waals surface area (Å²) in [5.41, 5.74) is 0. The molecule has 0 aliphatic heterocycles. The maximum Gasteiger partial charge on any atom is 1.00 e. The van der Waals surface area contributed by atoms with Gasteiger partial charge in [-0.15, -0.1) is 12.1 Å². The van der Waals surface area contributed by atoms with Crippen molar-refractivity contribution >= 4 is 0 Å². The van der Waals surface area contributed by atoms with Gasteiger partial charge in [0.1, 0.15) is 0 Å². The molecular weight excluding hydrogens is 195 g/mol. The Morgan fingerprint density at radius 3 is 2.54 bits per heavy atom. The molecule has 0 aliphatic carbocycles. The largest absolute Gasteiger partial charge is 1.00 e. The normalized spacial score (nSPS) is 8.77. The smallest absolute Gasteiger partial charge is 0.554 e. The van der Waals surface area contributed by atoms with Crippen molar-refractivity contribution in [2.75, 3.05) is 21.0 Å². The van der Waals surface area contributed by atoms with E-state index < -0.39 is 0 Å². The van der Waals surface area contributed by atoms with Crippen molar-refractivity contribution < 1.29 is 65.6 Å². The minimum Gasteiger partial charge on any atom is -0.554 e. The van der Waals surface area contributed by atoms with Crippen molar-refractivity contribution in [2.45, 2.75) is 0 Å². The van der Waals surface area contributed by atoms with Crippen LogP contribution in [0.4, 0.5) is 0 Å². The molecule has 0 saturated heterocycles. The van der Waals surface area contributed by atoms with E-state index in [1.807, 2.05) is 0 Å². The predicted octanol–water partition coefficient (Wildman–Crippen LogP) is -1.52. The average molecular weight is 206 g/mol. The SMILES string of the molecule is COCOc1c[c-]cc(OC)c1.[K+]. The Morgan fingerprint density at radius 2 is 1.92 bits per heavy atom. The molecule has 0 spiro atoms. The average Bonchev–Trinajstić information content (AvgIpc) is 2.15. The first-order valence-electron chi connectivity index (χ1n) is 3.53. The van der Waals surface area contributed by atoms with Gasteiger partial charge in [0.2, 0.25) is 0 Å². The van der Waals surface area contributed by atoms with Crippen LogP contribution < -0.4 is 60.9 Å². The van der Waals surface area contributed by atoms with Gasteiger partial charge in [-0.05, 0) is 0 Å². The fourth-order valence-electron chi connectivity index (χ4n) is 0.758. The summed E-state index contributed by atoms with van der Waals surface area (Å²) in [6.45, 7) is 0.237. The second-order valence-electron chi connectivity index (χ2n) is 2.16. The minimum absolute atomic E-state index is 0. The van der Waals surface area contributed by atoms with Crippen molar-refractivity contribution in [2.24, 2.45) is 0 Å². The monoisotopic (exact) mass is 206 g/mol. The van der Waals surface area contributed by atoms with Crippen molar-refractivity contribution in [1.29, 1.82) is 0 Å². The van der Waals surface area contributed by atoms with Crippen LogP contribution >= 0.6 is 0 Å². The van der Waals surface area contributed by atoms with Gasteiger partial charge in [0.25, 0.3) is 0 Å². The van der Waals surface area contributed by atoms with Gasteiger partial charge in [-0.3, -0.25) is 0 Å². The van der Waals surface area contributed by atoms with Gasteiger partial charge >= 0.3 is 51.4 Å². The molecule has 1 rings (SSSR count). The van der Waals surface area contributed by atoms with Crippen LogP contribution in [-0.4, -0.2) is 21.0 Å². The molecule has 66 valence electrons. The van der Waals surface area contributed by atoms with Crippen LogP contribution in [0.2, 0.25) is 0 Å². The molecule has 4 heteroatoms. The summed E-state index contributed by atoms with van der Waals surface area (Å²) >= 11 is 0. The molecule has 0 fully saturated rings. The molecule has 0 saturated carbocycles. The Labute approximate surface area is 121 Å². The zero-order valence-electron chi connectivity index (χ0n) is 8.16. The summed E-state index contributed by atoms with van der Waals surface area (Å²) in [5, 5.41) is 0. The van der Waals surface area contributed by atoms with Gasteiger partial charge in [-0.2, -0.15) is 6.07 Å². The quantitative estimate of drug-likeness (QED) is 0.340. The second-order valence-corrected chi connectivity index (χ2v) is 2.16. The van der Waals surface area contributed by atoms with Crippen LogP contribution in [0, 0.1) is 6.07 Å². The molecule has 0 N–H and O–H groups in total. The number of hydrogen-bond donors (Lipinski definition) is 0. The molecule has 0 radical (unpaired) electrons. The minimum atomic E-state index is 0. The van der Waals surface area contributed by atoms with Crippen molar-refractivity contribution in [3.63, 3.8) is 0 Å². The van der Waals surface area contributed by atoms with E-state index in [-0.39, 0.29) is 58.2 Å². The summed E-state index contributed by atoms with van der Waals surface area (Å²) in [6.07, 6.45) is 0. The molecule has 0 aromatic heterocycles. The van der Waals surface area contributed by atoms with E-state index in [0.29, 0.717) is 5.75 Å². The third kappa shape index (κ3) is 5.00. The topological polar surface area (TPSA) is 27.7 Å². The maximum atomic E-state index is 5.16. The zero-order valence-corrected chi connectivity index (χ0v) is 11.3. The molecular formula is C9H11KO3. The van der Waals surface area contributed by atoms with Gasteiger partial charge in [0, 0.05) is 18.6 Å². The van der Waals surface area contributed by atoms with E-state index >= 15 is 0 Å². The number of hydrogen-bond acceptors (Lipinski definition) is 3. The van der Waals surface area contributed by atoms with Gasteiger partial charge in [0.15, 0.2) is 6.79 Å². The molecule has 0 heterocycles. The molecule has 0 aliphatic rings. The Hall–Kier alpha value is 0.416. The van der Waals surface area contributed by atoms with E-state index in [4.69, 9.17) is 14.2 Å². The van der Waals surface area contributed by atoms with Crippen LogP contribution in [0.5, 0.6) is 11.5 Å². The summed E-state index contributed by atoms with van der Waals surface area (Å²) in [5.74, 6) is 1.42. The first kappa shape index (κ1) is 13.4. The second kappa shape index (κ2) is 7.79. The molecule has 1 aromatic rings. The van der Waals surface area contributed by atoms with Crippen molar-refractivity contribution in [3.8, 4) is 11.5 Å². The maximum absolute atomic E-state index is 5.16. The summed E-state index contributed by atoms with van der Waals surface area (Å²) in [7, 11) is 3.17. The van der Waals surface area contributed by atoms with Gasteiger partial charge in [-0.25, -0.2) is 0 Å². The number of rotatable bonds is 4. The predicted molar refractivity (Wildman–Crippen MR) is 44.3 cm³/mol. The molecule has 1 aromatic carbocycles. The summed E-state index contributed by atoms with van der Waals surface area (Å²) in [6, 6.07) is 8.12. The number of benzene rings is 1. The first-order chi connectivity index (χ1) is 5.86. The number of ether oxygens (including phenoxy) is 3. The van der Waals surface area contributed by atoms with Gasteiger partial charge in [-0.1, -0.05) is 6.07 Å². The van der Waals surface area contributed by atoms with Crippen LogP contribution in [0.25, 0.3) is 0 Å². The molecule has 0 amide bonds. The van der Waals surface area contributed by atoms with E-state index in [2.05, 4.69) is 6.07 Å². The van der Waals surface area contributed by atoms with Gasteiger partial charge in [0.05, 0.1) is 7.11 Å². The Morgan fingerprint density at radius 1 is 1.23 bits per heavy atom. The van der Waals surface area contributed by atoms with Crippen molar-refractivity contribution in [1.82, 2.24) is 0 Å². The molecule has 0 atom stereocenters. The third-order valence-electron chi connectivity index (χ3n) is 1.31. The summed E-state index contributed by atoms with van der Waals surface area (Å²) in [4.78, 5) is 0. The van der Waals surface area contributed by atoms with Crippen LogP contribution in [-0.2, 0) is 4.74 Å². The molecule has 3 nitrogen and oxygen atoms in total. The first-order valence-corrected chi connectivity index (χ1v) is 3.53. The van der Waals surface area contributed by atoms with Gasteiger partial charge < -0.3 is 14.2 Å². The van der Waals surface area contributed by atoms with E-state index in [9.17, 15) is 0 Å².